The minimum atomic E-state index is -3.15. The van der Waals surface area contributed by atoms with Crippen molar-refractivity contribution in [2.75, 3.05) is 0 Å². The molecule has 17 heavy (non-hydrogen) atoms. The lowest BCUT2D eigenvalue weighted by atomic mass is 10.2. The summed E-state index contributed by atoms with van der Waals surface area (Å²) < 4.78 is 24.7. The summed E-state index contributed by atoms with van der Waals surface area (Å²) in [5, 5.41) is 28.0. The third-order valence-electron chi connectivity index (χ3n) is 1.81. The molecule has 0 spiro atoms. The number of carboxylic acids is 1. The Labute approximate surface area is 92.5 Å². The highest BCUT2D eigenvalue weighted by atomic mass is 19.3. The van der Waals surface area contributed by atoms with Crippen LogP contribution in [0.4, 0.5) is 14.5 Å². The Morgan fingerprint density at radius 2 is 2.18 bits per heavy atom. The molecule has 1 aromatic rings. The van der Waals surface area contributed by atoms with E-state index >= 15 is 0 Å². The van der Waals surface area contributed by atoms with Gasteiger partial charge in [-0.1, -0.05) is 0 Å². The van der Waals surface area contributed by atoms with Crippen molar-refractivity contribution in [2.45, 2.75) is 12.8 Å². The van der Waals surface area contributed by atoms with Crippen LogP contribution in [0.2, 0.25) is 0 Å². The molecule has 1 aromatic heterocycles. The standard InChI is InChI=1S/C8H6F2N2O5/c9-8(10)7-5(13)2-4(12(16)17)3(11-7)1-6(14)15/h2,8,13H,1H2,(H,14,15). The summed E-state index contributed by atoms with van der Waals surface area (Å²) in [6.45, 7) is 0. The molecule has 0 aliphatic rings. The number of aromatic nitrogens is 1. The first-order valence-corrected chi connectivity index (χ1v) is 4.20. The third kappa shape index (κ3) is 2.83. The molecule has 0 radical (unpaired) electrons. The Kier molecular flexibility index (Phi) is 3.51. The number of halogens is 2. The van der Waals surface area contributed by atoms with E-state index in [0.717, 1.165) is 0 Å². The lowest BCUT2D eigenvalue weighted by Gasteiger charge is -2.05. The first-order chi connectivity index (χ1) is 7.82. The number of alkyl halides is 2. The first-order valence-electron chi connectivity index (χ1n) is 4.20. The molecule has 0 aliphatic carbocycles. The van der Waals surface area contributed by atoms with Crippen molar-refractivity contribution in [3.8, 4) is 5.75 Å². The summed E-state index contributed by atoms with van der Waals surface area (Å²) in [5.41, 5.74) is -2.52. The Balaban J connectivity index is 3.36. The van der Waals surface area contributed by atoms with Gasteiger partial charge in [0.05, 0.1) is 17.4 Å². The Bertz CT molecular complexity index is 477. The fraction of sp³-hybridized carbons (Fsp3) is 0.250. The lowest BCUT2D eigenvalue weighted by molar-refractivity contribution is -0.386. The van der Waals surface area contributed by atoms with Gasteiger partial charge in [-0.05, 0) is 0 Å². The molecule has 2 N–H and O–H groups in total. The summed E-state index contributed by atoms with van der Waals surface area (Å²) in [7, 11) is 0. The maximum Gasteiger partial charge on any atom is 0.309 e. The molecule has 0 amide bonds. The van der Waals surface area contributed by atoms with Crippen LogP contribution in [0.5, 0.6) is 5.75 Å². The molecule has 0 bridgehead atoms. The second-order valence-electron chi connectivity index (χ2n) is 2.99. The molecule has 0 saturated carbocycles. The minimum Gasteiger partial charge on any atom is -0.506 e. The van der Waals surface area contributed by atoms with E-state index in [2.05, 4.69) is 4.98 Å². The van der Waals surface area contributed by atoms with Crippen LogP contribution in [-0.4, -0.2) is 26.1 Å². The molecular formula is C8H6F2N2O5. The van der Waals surface area contributed by atoms with E-state index in [9.17, 15) is 23.7 Å². The van der Waals surface area contributed by atoms with Crippen LogP contribution in [0.25, 0.3) is 0 Å². The van der Waals surface area contributed by atoms with E-state index in [1.165, 1.54) is 0 Å². The molecule has 92 valence electrons. The van der Waals surface area contributed by atoms with Crippen LogP contribution < -0.4 is 0 Å². The van der Waals surface area contributed by atoms with Crippen LogP contribution in [-0.2, 0) is 11.2 Å². The second kappa shape index (κ2) is 4.68. The Morgan fingerprint density at radius 3 is 2.59 bits per heavy atom. The maximum absolute atomic E-state index is 12.3. The number of aromatic hydroxyl groups is 1. The molecule has 1 rings (SSSR count). The van der Waals surface area contributed by atoms with Gasteiger partial charge in [-0.2, -0.15) is 0 Å². The monoisotopic (exact) mass is 248 g/mol. The van der Waals surface area contributed by atoms with E-state index in [4.69, 9.17) is 10.2 Å². The average molecular weight is 248 g/mol. The molecule has 0 aliphatic heterocycles. The SMILES string of the molecule is O=C(O)Cc1nc(C(F)F)c(O)cc1[N+](=O)[O-]. The van der Waals surface area contributed by atoms with Gasteiger partial charge in [-0.25, -0.2) is 13.8 Å². The van der Waals surface area contributed by atoms with Gasteiger partial charge in [0.15, 0.2) is 0 Å². The van der Waals surface area contributed by atoms with Crippen LogP contribution in [0.15, 0.2) is 6.07 Å². The smallest absolute Gasteiger partial charge is 0.309 e. The van der Waals surface area contributed by atoms with Crippen molar-refractivity contribution in [2.24, 2.45) is 0 Å². The van der Waals surface area contributed by atoms with Gasteiger partial charge >= 0.3 is 5.97 Å². The fourth-order valence-electron chi connectivity index (χ4n) is 1.14. The van der Waals surface area contributed by atoms with Gasteiger partial charge in [-0.3, -0.25) is 14.9 Å². The molecule has 0 saturated heterocycles. The quantitative estimate of drug-likeness (QED) is 0.612. The molecular weight excluding hydrogens is 242 g/mol. The van der Waals surface area contributed by atoms with Crippen molar-refractivity contribution < 1.29 is 28.7 Å². The zero-order valence-corrected chi connectivity index (χ0v) is 8.13. The van der Waals surface area contributed by atoms with E-state index in [0.29, 0.717) is 6.07 Å². The summed E-state index contributed by atoms with van der Waals surface area (Å²) in [4.78, 5) is 23.0. The first kappa shape index (κ1) is 12.7. The van der Waals surface area contributed by atoms with Crippen LogP contribution in [0.1, 0.15) is 17.8 Å². The molecule has 9 heteroatoms. The van der Waals surface area contributed by atoms with E-state index < -0.39 is 46.6 Å². The van der Waals surface area contributed by atoms with Gasteiger partial charge < -0.3 is 10.2 Å². The molecule has 0 aromatic carbocycles. The number of aliphatic carboxylic acids is 1. The van der Waals surface area contributed by atoms with E-state index in [1.807, 2.05) is 0 Å². The zero-order chi connectivity index (χ0) is 13.2. The highest BCUT2D eigenvalue weighted by Gasteiger charge is 2.25. The zero-order valence-electron chi connectivity index (χ0n) is 8.13. The number of nitro groups is 1. The number of carboxylic acid groups (broad SMARTS) is 1. The average Bonchev–Trinajstić information content (AvgIpc) is 2.18. The highest BCUT2D eigenvalue weighted by molar-refractivity contribution is 5.71. The van der Waals surface area contributed by atoms with Gasteiger partial charge in [0.1, 0.15) is 17.1 Å². The van der Waals surface area contributed by atoms with Crippen molar-refractivity contribution in [1.29, 1.82) is 0 Å². The van der Waals surface area contributed by atoms with Crippen LogP contribution in [0, 0.1) is 10.1 Å². The molecule has 0 atom stereocenters. The lowest BCUT2D eigenvalue weighted by Crippen LogP contribution is -2.08. The predicted octanol–water partition coefficient (Wildman–Crippen LogP) is 1.26. The summed E-state index contributed by atoms with van der Waals surface area (Å²) in [6.07, 6.45) is -4.03. The fourth-order valence-corrected chi connectivity index (χ4v) is 1.14. The topological polar surface area (TPSA) is 114 Å². The van der Waals surface area contributed by atoms with Crippen molar-refractivity contribution in [3.05, 3.63) is 27.6 Å². The van der Waals surface area contributed by atoms with Crippen molar-refractivity contribution in [3.63, 3.8) is 0 Å². The summed E-state index contributed by atoms with van der Waals surface area (Å²) >= 11 is 0. The third-order valence-corrected chi connectivity index (χ3v) is 1.81. The predicted molar refractivity (Wildman–Crippen MR) is 48.9 cm³/mol. The number of nitrogens with zero attached hydrogens (tertiary/aromatic N) is 2. The molecule has 1 heterocycles. The maximum atomic E-state index is 12.3. The second-order valence-corrected chi connectivity index (χ2v) is 2.99. The largest absolute Gasteiger partial charge is 0.506 e. The number of rotatable bonds is 4. The van der Waals surface area contributed by atoms with Gasteiger partial charge in [0, 0.05) is 0 Å². The summed E-state index contributed by atoms with van der Waals surface area (Å²) in [6, 6.07) is 0.465. The summed E-state index contributed by atoms with van der Waals surface area (Å²) in [5.74, 6) is -2.49. The van der Waals surface area contributed by atoms with Crippen LogP contribution in [0.3, 0.4) is 0 Å². The number of hydrogen-bond donors (Lipinski definition) is 2. The Hall–Kier alpha value is -2.32. The van der Waals surface area contributed by atoms with Crippen molar-refractivity contribution in [1.82, 2.24) is 4.98 Å². The van der Waals surface area contributed by atoms with E-state index in [-0.39, 0.29) is 0 Å². The molecule has 0 fully saturated rings. The number of pyridine rings is 1. The van der Waals surface area contributed by atoms with Gasteiger partial charge in [-0.15, -0.1) is 0 Å². The number of hydrogen-bond acceptors (Lipinski definition) is 5. The number of carbonyl (C=O) groups is 1. The van der Waals surface area contributed by atoms with Crippen molar-refractivity contribution >= 4 is 11.7 Å². The normalized spacial score (nSPS) is 10.5. The molecule has 7 nitrogen and oxygen atoms in total. The van der Waals surface area contributed by atoms with E-state index in [1.54, 1.807) is 0 Å². The highest BCUT2D eigenvalue weighted by Crippen LogP contribution is 2.31. The minimum absolute atomic E-state index is 0.465. The van der Waals surface area contributed by atoms with Gasteiger partial charge in [0.25, 0.3) is 12.1 Å². The van der Waals surface area contributed by atoms with Gasteiger partial charge in [0.2, 0.25) is 0 Å². The Morgan fingerprint density at radius 1 is 1.59 bits per heavy atom. The molecule has 0 unspecified atom stereocenters. The van der Waals surface area contributed by atoms with Crippen LogP contribution >= 0.6 is 0 Å².